The minimum atomic E-state index is -4.31. The van der Waals surface area contributed by atoms with Crippen molar-refractivity contribution >= 4 is 19.8 Å². The Morgan fingerprint density at radius 2 is 1.04 bits per heavy atom. The molecule has 0 amide bonds. The Hall–Kier alpha value is -1.82. The molecule has 0 heterocycles. The van der Waals surface area contributed by atoms with Crippen LogP contribution in [-0.2, 0) is 6.18 Å². The van der Waals surface area contributed by atoms with Crippen LogP contribution >= 0.6 is 19.8 Å². The van der Waals surface area contributed by atoms with Gasteiger partial charge in [0, 0.05) is 0 Å². The predicted molar refractivity (Wildman–Crippen MR) is 94.4 cm³/mol. The normalized spacial score (nSPS) is 12.0. The number of hydrogen-bond acceptors (Lipinski definition) is 0. The number of benzene rings is 3. The molecule has 0 aliphatic rings. The fourth-order valence-corrected chi connectivity index (χ4v) is 7.88. The Morgan fingerprint density at radius 1 is 0.565 bits per heavy atom. The molecule has 0 fully saturated rings. The molecule has 23 heavy (non-hydrogen) atoms. The van der Waals surface area contributed by atoms with Gasteiger partial charge in [0.25, 0.3) is 0 Å². The summed E-state index contributed by atoms with van der Waals surface area (Å²) in [5.41, 5.74) is -0.579. The zero-order chi connectivity index (χ0) is 16.3. The second kappa shape index (κ2) is 6.74. The van der Waals surface area contributed by atoms with Crippen molar-refractivity contribution < 1.29 is 13.2 Å². The summed E-state index contributed by atoms with van der Waals surface area (Å²) < 4.78 is 42.2. The fourth-order valence-electron chi connectivity index (χ4n) is 2.24. The van der Waals surface area contributed by atoms with Crippen LogP contribution in [0.2, 0.25) is 0 Å². The van der Waals surface area contributed by atoms with E-state index in [2.05, 4.69) is 0 Å². The first-order valence-corrected chi connectivity index (χ1v) is 10.3. The van der Waals surface area contributed by atoms with Crippen LogP contribution in [0.4, 0.5) is 13.2 Å². The van der Waals surface area contributed by atoms with Gasteiger partial charge in [-0.15, -0.1) is 0 Å². The van der Waals surface area contributed by atoms with Gasteiger partial charge in [0.1, 0.15) is 0 Å². The first-order valence-electron chi connectivity index (χ1n) is 7.03. The van der Waals surface area contributed by atoms with Gasteiger partial charge in [-0.3, -0.25) is 0 Å². The standard InChI is InChI=1S/C19H14F3I/c20-19(21,22)15-8-7-13-18(14-15)23(16-9-3-1-4-10-16)17-11-5-2-6-12-17/h1-14H. The van der Waals surface area contributed by atoms with E-state index in [1.54, 1.807) is 0 Å². The zero-order valence-electron chi connectivity index (χ0n) is 12.1. The molecule has 0 atom stereocenters. The van der Waals surface area contributed by atoms with E-state index in [9.17, 15) is 13.2 Å². The van der Waals surface area contributed by atoms with Gasteiger partial charge in [-0.2, -0.15) is 0 Å². The van der Waals surface area contributed by atoms with Crippen molar-refractivity contribution in [3.05, 3.63) is 101 Å². The molecular formula is C19H14F3I. The molecule has 0 radical (unpaired) electrons. The zero-order valence-corrected chi connectivity index (χ0v) is 14.3. The van der Waals surface area contributed by atoms with Crippen LogP contribution in [-0.4, -0.2) is 0 Å². The molecule has 0 aliphatic carbocycles. The number of halogens is 4. The number of rotatable bonds is 3. The monoisotopic (exact) mass is 426 g/mol. The van der Waals surface area contributed by atoms with Crippen molar-refractivity contribution in [3.63, 3.8) is 0 Å². The SMILES string of the molecule is FC(F)(F)c1cccc(I(c2ccccc2)c2ccccc2)c1. The number of hydrogen-bond donors (Lipinski definition) is 0. The average molecular weight is 426 g/mol. The average Bonchev–Trinajstić information content (AvgIpc) is 2.57. The summed E-state index contributed by atoms with van der Waals surface area (Å²) in [4.78, 5) is 0. The summed E-state index contributed by atoms with van der Waals surface area (Å²) in [7, 11) is 0. The van der Waals surface area contributed by atoms with E-state index in [0.29, 0.717) is 0 Å². The maximum absolute atomic E-state index is 13.1. The molecule has 0 saturated heterocycles. The van der Waals surface area contributed by atoms with Crippen molar-refractivity contribution in [3.8, 4) is 0 Å². The van der Waals surface area contributed by atoms with Gasteiger partial charge < -0.3 is 0 Å². The summed E-state index contributed by atoms with van der Waals surface area (Å²) >= 11 is -2.12. The molecule has 0 unspecified atom stereocenters. The van der Waals surface area contributed by atoms with Crippen LogP contribution < -0.4 is 0 Å². The van der Waals surface area contributed by atoms with E-state index in [0.717, 1.165) is 16.8 Å². The molecule has 4 heteroatoms. The third-order valence-corrected chi connectivity index (χ3v) is 9.12. The molecule has 0 N–H and O–H groups in total. The van der Waals surface area contributed by atoms with Gasteiger partial charge in [-0.1, -0.05) is 0 Å². The summed E-state index contributed by atoms with van der Waals surface area (Å²) in [6.45, 7) is 0. The molecule has 118 valence electrons. The van der Waals surface area contributed by atoms with Crippen LogP contribution in [0.5, 0.6) is 0 Å². The number of alkyl halides is 3. The minimum absolute atomic E-state index is 0.579. The topological polar surface area (TPSA) is 0 Å². The summed E-state index contributed by atoms with van der Waals surface area (Å²) in [6.07, 6.45) is -4.31. The molecule has 0 saturated carbocycles. The Morgan fingerprint density at radius 3 is 1.52 bits per heavy atom. The van der Waals surface area contributed by atoms with Crippen LogP contribution in [0, 0.1) is 10.7 Å². The molecule has 0 bridgehead atoms. The van der Waals surface area contributed by atoms with Gasteiger partial charge >= 0.3 is 140 Å². The van der Waals surface area contributed by atoms with Crippen LogP contribution in [0.15, 0.2) is 84.9 Å². The van der Waals surface area contributed by atoms with Crippen molar-refractivity contribution in [2.24, 2.45) is 0 Å². The van der Waals surface area contributed by atoms with Gasteiger partial charge in [-0.05, 0) is 0 Å². The van der Waals surface area contributed by atoms with Gasteiger partial charge in [-0.25, -0.2) is 0 Å². The van der Waals surface area contributed by atoms with Gasteiger partial charge in [0.15, 0.2) is 0 Å². The Bertz CT molecular complexity index is 728. The van der Waals surface area contributed by atoms with Crippen LogP contribution in [0.25, 0.3) is 0 Å². The van der Waals surface area contributed by atoms with E-state index in [-0.39, 0.29) is 0 Å². The third kappa shape index (κ3) is 3.75. The van der Waals surface area contributed by atoms with E-state index in [1.807, 2.05) is 66.7 Å². The molecule has 0 aliphatic heterocycles. The quantitative estimate of drug-likeness (QED) is 0.443. The Labute approximate surface area is 140 Å². The van der Waals surface area contributed by atoms with Crippen molar-refractivity contribution in [2.45, 2.75) is 6.18 Å². The summed E-state index contributed by atoms with van der Waals surface area (Å²) in [6, 6.07) is 25.4. The van der Waals surface area contributed by atoms with Crippen molar-refractivity contribution in [1.82, 2.24) is 0 Å². The van der Waals surface area contributed by atoms with Crippen LogP contribution in [0.3, 0.4) is 0 Å². The first kappa shape index (κ1) is 16.1. The molecule has 3 aromatic carbocycles. The summed E-state index contributed by atoms with van der Waals surface area (Å²) in [5, 5.41) is 0. The van der Waals surface area contributed by atoms with Gasteiger partial charge in [0.2, 0.25) is 0 Å². The van der Waals surface area contributed by atoms with E-state index >= 15 is 0 Å². The van der Waals surface area contributed by atoms with E-state index < -0.39 is 31.6 Å². The second-order valence-corrected chi connectivity index (χ2v) is 10.2. The fraction of sp³-hybridized carbons (Fsp3) is 0.0526. The third-order valence-electron chi connectivity index (χ3n) is 3.27. The second-order valence-electron chi connectivity index (χ2n) is 4.88. The van der Waals surface area contributed by atoms with Crippen molar-refractivity contribution in [1.29, 1.82) is 0 Å². The van der Waals surface area contributed by atoms with Gasteiger partial charge in [0.05, 0.1) is 0 Å². The molecule has 0 spiro atoms. The Balaban J connectivity index is 2.14. The molecule has 0 aromatic heterocycles. The predicted octanol–water partition coefficient (Wildman–Crippen LogP) is 6.12. The molecule has 0 nitrogen and oxygen atoms in total. The first-order chi connectivity index (χ1) is 11.1. The summed E-state index contributed by atoms with van der Waals surface area (Å²) in [5.74, 6) is 0. The van der Waals surface area contributed by atoms with Crippen molar-refractivity contribution in [2.75, 3.05) is 0 Å². The van der Waals surface area contributed by atoms with Crippen LogP contribution in [0.1, 0.15) is 5.56 Å². The van der Waals surface area contributed by atoms with E-state index in [1.165, 1.54) is 12.1 Å². The molecule has 3 aromatic rings. The van der Waals surface area contributed by atoms with E-state index in [4.69, 9.17) is 0 Å². The molecular weight excluding hydrogens is 412 g/mol. The Kier molecular flexibility index (Phi) is 4.71. The maximum atomic E-state index is 13.1. The molecule has 3 rings (SSSR count).